The molecule has 0 unspecified atom stereocenters. The number of benzene rings is 1. The molecule has 3 N–H and O–H groups in total. The summed E-state index contributed by atoms with van der Waals surface area (Å²) in [6.45, 7) is 2.33. The van der Waals surface area contributed by atoms with E-state index in [1.807, 2.05) is 13.0 Å². The second kappa shape index (κ2) is 5.67. The van der Waals surface area contributed by atoms with E-state index in [2.05, 4.69) is 5.32 Å². The number of nitrogens with two attached hydrogens (primary N) is 1. The number of hydrogen-bond acceptors (Lipinski definition) is 4. The van der Waals surface area contributed by atoms with E-state index in [1.54, 1.807) is 12.1 Å². The molecule has 0 fully saturated rings. The zero-order chi connectivity index (χ0) is 13.8. The number of hydrogen-bond donors (Lipinski definition) is 2. The van der Waals surface area contributed by atoms with Crippen molar-refractivity contribution in [3.05, 3.63) is 40.2 Å². The van der Waals surface area contributed by atoms with Gasteiger partial charge >= 0.3 is 5.63 Å². The average Bonchev–Trinajstić information content (AvgIpc) is 2.35. The van der Waals surface area contributed by atoms with Crippen LogP contribution in [0.1, 0.15) is 18.4 Å². The fraction of sp³-hybridized carbons (Fsp3) is 0.286. The molecule has 0 saturated carbocycles. The van der Waals surface area contributed by atoms with Crippen LogP contribution in [0.3, 0.4) is 0 Å². The van der Waals surface area contributed by atoms with E-state index in [0.717, 1.165) is 10.9 Å². The summed E-state index contributed by atoms with van der Waals surface area (Å²) < 4.78 is 5.12. The predicted octanol–water partition coefficient (Wildman–Crippen LogP) is 1.78. The molecule has 0 aliphatic rings. The number of aryl methyl sites for hydroxylation is 1. The van der Waals surface area contributed by atoms with Crippen LogP contribution in [-0.2, 0) is 4.79 Å². The molecular formula is C14H16N2O3. The van der Waals surface area contributed by atoms with Gasteiger partial charge in [-0.1, -0.05) is 0 Å². The lowest BCUT2D eigenvalue weighted by atomic mass is 10.1. The third kappa shape index (κ3) is 3.20. The van der Waals surface area contributed by atoms with Gasteiger partial charge in [-0.25, -0.2) is 4.79 Å². The average molecular weight is 260 g/mol. The monoisotopic (exact) mass is 260 g/mol. The Labute approximate surface area is 110 Å². The molecule has 19 heavy (non-hydrogen) atoms. The van der Waals surface area contributed by atoms with Crippen LogP contribution in [-0.4, -0.2) is 12.5 Å². The van der Waals surface area contributed by atoms with E-state index < -0.39 is 5.63 Å². The Morgan fingerprint density at radius 3 is 2.89 bits per heavy atom. The maximum absolute atomic E-state index is 11.6. The van der Waals surface area contributed by atoms with Crippen LogP contribution in [0.15, 0.2) is 33.5 Å². The van der Waals surface area contributed by atoms with Crippen molar-refractivity contribution in [2.24, 2.45) is 5.73 Å². The standard InChI is InChI=1S/C14H16N2O3/c1-9-7-14(18)19-12-8-10(4-5-11(9)12)16-13(17)3-2-6-15/h4-5,7-8H,2-3,6,15H2,1H3,(H,16,17). The third-order valence-corrected chi connectivity index (χ3v) is 2.84. The molecule has 1 aromatic carbocycles. The van der Waals surface area contributed by atoms with Crippen molar-refractivity contribution < 1.29 is 9.21 Å². The smallest absolute Gasteiger partial charge is 0.336 e. The number of anilines is 1. The van der Waals surface area contributed by atoms with Gasteiger partial charge in [0, 0.05) is 29.6 Å². The first-order valence-corrected chi connectivity index (χ1v) is 6.14. The van der Waals surface area contributed by atoms with Crippen molar-refractivity contribution >= 4 is 22.6 Å². The SMILES string of the molecule is Cc1cc(=O)oc2cc(NC(=O)CCCN)ccc12. The predicted molar refractivity (Wildman–Crippen MR) is 74.1 cm³/mol. The van der Waals surface area contributed by atoms with Crippen molar-refractivity contribution in [3.8, 4) is 0 Å². The highest BCUT2D eigenvalue weighted by molar-refractivity contribution is 5.93. The van der Waals surface area contributed by atoms with E-state index in [0.29, 0.717) is 30.7 Å². The summed E-state index contributed by atoms with van der Waals surface area (Å²) in [7, 11) is 0. The van der Waals surface area contributed by atoms with Gasteiger partial charge in [0.2, 0.25) is 5.91 Å². The Kier molecular flexibility index (Phi) is 3.97. The molecule has 0 spiro atoms. The van der Waals surface area contributed by atoms with Crippen LogP contribution in [0.4, 0.5) is 5.69 Å². The molecular weight excluding hydrogens is 244 g/mol. The Morgan fingerprint density at radius 2 is 2.16 bits per heavy atom. The minimum absolute atomic E-state index is 0.0974. The van der Waals surface area contributed by atoms with Crippen molar-refractivity contribution in [1.82, 2.24) is 0 Å². The summed E-state index contributed by atoms with van der Waals surface area (Å²) in [5.74, 6) is -0.0974. The first-order chi connectivity index (χ1) is 9.10. The van der Waals surface area contributed by atoms with E-state index in [-0.39, 0.29) is 5.91 Å². The van der Waals surface area contributed by atoms with E-state index >= 15 is 0 Å². The highest BCUT2D eigenvalue weighted by atomic mass is 16.4. The lowest BCUT2D eigenvalue weighted by molar-refractivity contribution is -0.116. The summed E-state index contributed by atoms with van der Waals surface area (Å²) in [6.07, 6.45) is 1.03. The van der Waals surface area contributed by atoms with E-state index in [1.165, 1.54) is 6.07 Å². The van der Waals surface area contributed by atoms with Gasteiger partial charge in [-0.05, 0) is 37.6 Å². The van der Waals surface area contributed by atoms with Gasteiger partial charge in [-0.2, -0.15) is 0 Å². The molecule has 5 heteroatoms. The molecule has 1 heterocycles. The van der Waals surface area contributed by atoms with Crippen LogP contribution in [0.2, 0.25) is 0 Å². The van der Waals surface area contributed by atoms with Crippen molar-refractivity contribution in [3.63, 3.8) is 0 Å². The normalized spacial score (nSPS) is 10.6. The molecule has 1 amide bonds. The molecule has 0 aliphatic carbocycles. The first kappa shape index (κ1) is 13.3. The summed E-state index contributed by atoms with van der Waals surface area (Å²) in [4.78, 5) is 22.9. The lowest BCUT2D eigenvalue weighted by Crippen LogP contribution is -2.13. The molecule has 0 atom stereocenters. The minimum atomic E-state index is -0.392. The third-order valence-electron chi connectivity index (χ3n) is 2.84. The number of nitrogens with one attached hydrogen (secondary N) is 1. The summed E-state index contributed by atoms with van der Waals surface area (Å²) in [5.41, 5.74) is 6.90. The van der Waals surface area contributed by atoms with E-state index in [9.17, 15) is 9.59 Å². The Morgan fingerprint density at radius 1 is 1.37 bits per heavy atom. The van der Waals surface area contributed by atoms with Crippen LogP contribution in [0, 0.1) is 6.92 Å². The maximum Gasteiger partial charge on any atom is 0.336 e. The van der Waals surface area contributed by atoms with Crippen molar-refractivity contribution in [1.29, 1.82) is 0 Å². The topological polar surface area (TPSA) is 85.3 Å². The highest BCUT2D eigenvalue weighted by Crippen LogP contribution is 2.20. The maximum atomic E-state index is 11.6. The number of carbonyl (C=O) groups is 1. The molecule has 2 rings (SSSR count). The summed E-state index contributed by atoms with van der Waals surface area (Å²) >= 11 is 0. The van der Waals surface area contributed by atoms with Crippen LogP contribution in [0.25, 0.3) is 11.0 Å². The van der Waals surface area contributed by atoms with Gasteiger partial charge in [0.15, 0.2) is 0 Å². The molecule has 100 valence electrons. The Balaban J connectivity index is 2.26. The summed E-state index contributed by atoms with van der Waals surface area (Å²) in [5, 5.41) is 3.61. The Hall–Kier alpha value is -2.14. The minimum Gasteiger partial charge on any atom is -0.423 e. The number of fused-ring (bicyclic) bond motifs is 1. The molecule has 0 saturated heterocycles. The van der Waals surface area contributed by atoms with Gasteiger partial charge in [0.05, 0.1) is 0 Å². The second-order valence-corrected chi connectivity index (χ2v) is 4.40. The number of amides is 1. The number of rotatable bonds is 4. The van der Waals surface area contributed by atoms with Gasteiger partial charge in [-0.15, -0.1) is 0 Å². The van der Waals surface area contributed by atoms with E-state index in [4.69, 9.17) is 10.2 Å². The Bertz CT molecular complexity index is 661. The second-order valence-electron chi connectivity index (χ2n) is 4.40. The zero-order valence-electron chi connectivity index (χ0n) is 10.7. The largest absolute Gasteiger partial charge is 0.423 e. The number of carbonyl (C=O) groups excluding carboxylic acids is 1. The molecule has 5 nitrogen and oxygen atoms in total. The van der Waals surface area contributed by atoms with Gasteiger partial charge < -0.3 is 15.5 Å². The lowest BCUT2D eigenvalue weighted by Gasteiger charge is -2.06. The quantitative estimate of drug-likeness (QED) is 0.820. The highest BCUT2D eigenvalue weighted by Gasteiger charge is 2.06. The van der Waals surface area contributed by atoms with Crippen molar-refractivity contribution in [2.45, 2.75) is 19.8 Å². The zero-order valence-corrected chi connectivity index (χ0v) is 10.7. The van der Waals surface area contributed by atoms with Gasteiger partial charge in [-0.3, -0.25) is 4.79 Å². The van der Waals surface area contributed by atoms with Gasteiger partial charge in [0.25, 0.3) is 0 Å². The molecule has 1 aromatic heterocycles. The van der Waals surface area contributed by atoms with Crippen LogP contribution >= 0.6 is 0 Å². The fourth-order valence-corrected chi connectivity index (χ4v) is 1.89. The van der Waals surface area contributed by atoms with Crippen LogP contribution in [0.5, 0.6) is 0 Å². The summed E-state index contributed by atoms with van der Waals surface area (Å²) in [6, 6.07) is 6.72. The van der Waals surface area contributed by atoms with Crippen LogP contribution < -0.4 is 16.7 Å². The molecule has 2 aromatic rings. The molecule has 0 radical (unpaired) electrons. The molecule has 0 aliphatic heterocycles. The van der Waals surface area contributed by atoms with Gasteiger partial charge in [0.1, 0.15) is 5.58 Å². The van der Waals surface area contributed by atoms with Crippen molar-refractivity contribution in [2.75, 3.05) is 11.9 Å². The fourth-order valence-electron chi connectivity index (χ4n) is 1.89. The first-order valence-electron chi connectivity index (χ1n) is 6.14. The molecule has 0 bridgehead atoms.